The van der Waals surface area contributed by atoms with Crippen LogP contribution in [0.3, 0.4) is 0 Å². The molecule has 1 atom stereocenters. The van der Waals surface area contributed by atoms with Crippen LogP contribution < -0.4 is 10.3 Å². The number of amides is 1. The summed E-state index contributed by atoms with van der Waals surface area (Å²) in [6.45, 7) is 3.16. The van der Waals surface area contributed by atoms with Crippen molar-refractivity contribution in [2.45, 2.75) is 32.2 Å². The van der Waals surface area contributed by atoms with Gasteiger partial charge in [0.15, 0.2) is 0 Å². The highest BCUT2D eigenvalue weighted by atomic mass is 35.5. The summed E-state index contributed by atoms with van der Waals surface area (Å²) in [7, 11) is 1.68. The van der Waals surface area contributed by atoms with Crippen LogP contribution in [-0.4, -0.2) is 47.7 Å². The summed E-state index contributed by atoms with van der Waals surface area (Å²) < 4.78 is 43.4. The lowest BCUT2D eigenvalue weighted by molar-refractivity contribution is -0.133. The number of anilines is 1. The van der Waals surface area contributed by atoms with Crippen LogP contribution in [-0.2, 0) is 4.79 Å². The lowest BCUT2D eigenvalue weighted by atomic mass is 10.1. The zero-order valence-electron chi connectivity index (χ0n) is 19.9. The third-order valence-corrected chi connectivity index (χ3v) is 6.98. The van der Waals surface area contributed by atoms with Gasteiger partial charge in [0.25, 0.3) is 0 Å². The summed E-state index contributed by atoms with van der Waals surface area (Å²) in [5.74, 6) is -1.54. The van der Waals surface area contributed by atoms with Crippen LogP contribution in [0.25, 0.3) is 0 Å². The number of benzene rings is 2. The number of fused-ring (bicyclic) bond motifs is 1. The standard InChI is InChI=1S/C26H25ClF3N5O/c1-15-7-6-8-17(28)25(15)33(2)23-14-20(16-11-18(29)24(27)19(30)12-16)31-22-13-21(32-35(22)23)26(36)34-9-4-3-5-10-34/h6-8,11-14,21,32H,3-5,9-10H2,1-2H3. The van der Waals surface area contributed by atoms with E-state index >= 15 is 0 Å². The zero-order valence-corrected chi connectivity index (χ0v) is 20.6. The normalized spacial score (nSPS) is 19.5. The summed E-state index contributed by atoms with van der Waals surface area (Å²) in [4.78, 5) is 21.2. The van der Waals surface area contributed by atoms with Crippen LogP contribution in [0.15, 0.2) is 59.1 Å². The second kappa shape index (κ2) is 9.63. The number of nitrogens with one attached hydrogen (secondary N) is 1. The number of halogens is 4. The van der Waals surface area contributed by atoms with Crippen LogP contribution >= 0.6 is 11.6 Å². The predicted octanol–water partition coefficient (Wildman–Crippen LogP) is 4.89. The number of piperidine rings is 1. The first-order valence-corrected chi connectivity index (χ1v) is 12.1. The van der Waals surface area contributed by atoms with Crippen molar-refractivity contribution >= 4 is 28.9 Å². The molecule has 0 saturated carbocycles. The van der Waals surface area contributed by atoms with Gasteiger partial charge in [0.2, 0.25) is 5.91 Å². The molecule has 0 spiro atoms. The quantitative estimate of drug-likeness (QED) is 0.589. The molecule has 188 valence electrons. The topological polar surface area (TPSA) is 51.2 Å². The number of carbonyl (C=O) groups is 1. The first-order chi connectivity index (χ1) is 17.2. The van der Waals surface area contributed by atoms with E-state index in [9.17, 15) is 18.0 Å². The second-order valence-corrected chi connectivity index (χ2v) is 9.45. The largest absolute Gasteiger partial charge is 0.341 e. The van der Waals surface area contributed by atoms with Crippen LogP contribution in [0.5, 0.6) is 0 Å². The number of nitrogens with zero attached hydrogens (tertiary/aromatic N) is 4. The van der Waals surface area contributed by atoms with Crippen molar-refractivity contribution in [2.75, 3.05) is 25.0 Å². The number of para-hydroxylation sites is 1. The molecule has 1 amide bonds. The molecule has 1 N–H and O–H groups in total. The molecular formula is C26H25ClF3N5O. The van der Waals surface area contributed by atoms with Gasteiger partial charge in [-0.15, -0.1) is 0 Å². The molecule has 0 radical (unpaired) electrons. The van der Waals surface area contributed by atoms with Crippen molar-refractivity contribution in [1.29, 1.82) is 0 Å². The highest BCUT2D eigenvalue weighted by Gasteiger charge is 2.37. The smallest absolute Gasteiger partial charge is 0.245 e. The molecule has 0 bridgehead atoms. The van der Waals surface area contributed by atoms with Gasteiger partial charge in [0, 0.05) is 31.8 Å². The Balaban J connectivity index is 1.57. The lowest BCUT2D eigenvalue weighted by Crippen LogP contribution is -2.50. The number of allylic oxidation sites excluding steroid dienone is 1. The summed E-state index contributed by atoms with van der Waals surface area (Å²) in [5, 5.41) is 0.999. The molecule has 2 aromatic carbocycles. The predicted molar refractivity (Wildman–Crippen MR) is 133 cm³/mol. The third-order valence-electron chi connectivity index (χ3n) is 6.62. The van der Waals surface area contributed by atoms with Crippen molar-refractivity contribution < 1.29 is 18.0 Å². The minimum Gasteiger partial charge on any atom is -0.341 e. The van der Waals surface area contributed by atoms with Crippen molar-refractivity contribution in [2.24, 2.45) is 4.99 Å². The first-order valence-electron chi connectivity index (χ1n) is 11.8. The van der Waals surface area contributed by atoms with E-state index < -0.39 is 28.5 Å². The third kappa shape index (κ3) is 4.37. The van der Waals surface area contributed by atoms with E-state index in [0.29, 0.717) is 36.0 Å². The minimum atomic E-state index is -0.915. The summed E-state index contributed by atoms with van der Waals surface area (Å²) in [5.41, 5.74) is 4.60. The van der Waals surface area contributed by atoms with Gasteiger partial charge in [-0.25, -0.2) is 28.6 Å². The Bertz CT molecular complexity index is 1280. The summed E-state index contributed by atoms with van der Waals surface area (Å²) in [6.07, 6.45) is 6.27. The SMILES string of the molecule is Cc1cccc(F)c1N(C)C1=CC(c2cc(F)c(Cl)c(F)c2)=NC2=CC(C(=O)N3CCCCC3)NN21. The second-order valence-electron chi connectivity index (χ2n) is 9.07. The Morgan fingerprint density at radius 1 is 1.11 bits per heavy atom. The number of rotatable bonds is 4. The van der Waals surface area contributed by atoms with E-state index in [1.807, 2.05) is 4.90 Å². The number of aliphatic imine (C=N–C) groups is 1. The van der Waals surface area contributed by atoms with E-state index in [0.717, 1.165) is 31.4 Å². The zero-order chi connectivity index (χ0) is 25.6. The Morgan fingerprint density at radius 2 is 1.81 bits per heavy atom. The fourth-order valence-electron chi connectivity index (χ4n) is 4.78. The average Bonchev–Trinajstić information content (AvgIpc) is 3.30. The maximum Gasteiger partial charge on any atom is 0.245 e. The molecule has 2 aromatic rings. The molecule has 1 saturated heterocycles. The molecule has 36 heavy (non-hydrogen) atoms. The molecule has 3 heterocycles. The molecule has 5 rings (SSSR count). The van der Waals surface area contributed by atoms with Gasteiger partial charge in [-0.05, 0) is 56.0 Å². The Labute approximate surface area is 212 Å². The Hall–Kier alpha value is -3.30. The summed E-state index contributed by atoms with van der Waals surface area (Å²) >= 11 is 5.67. The number of carbonyl (C=O) groups excluding carboxylic acids is 1. The number of aryl methyl sites for hydroxylation is 1. The molecule has 6 nitrogen and oxygen atoms in total. The minimum absolute atomic E-state index is 0.0824. The molecule has 3 aliphatic rings. The number of hydrogen-bond donors (Lipinski definition) is 1. The number of hydrogen-bond acceptors (Lipinski definition) is 5. The lowest BCUT2D eigenvalue weighted by Gasteiger charge is -2.35. The van der Waals surface area contributed by atoms with Crippen molar-refractivity contribution in [3.05, 3.63) is 87.7 Å². The maximum absolute atomic E-state index is 14.9. The van der Waals surface area contributed by atoms with Crippen LogP contribution in [0.1, 0.15) is 30.4 Å². The molecular weight excluding hydrogens is 491 g/mol. The number of likely N-dealkylation sites (tertiary alicyclic amines) is 1. The monoisotopic (exact) mass is 515 g/mol. The van der Waals surface area contributed by atoms with Gasteiger partial charge in [0.1, 0.15) is 40.2 Å². The van der Waals surface area contributed by atoms with Gasteiger partial charge in [-0.1, -0.05) is 23.7 Å². The molecule has 0 aliphatic carbocycles. The fraction of sp³-hybridized carbons (Fsp3) is 0.308. The average molecular weight is 516 g/mol. The van der Waals surface area contributed by atoms with Crippen LogP contribution in [0, 0.1) is 24.4 Å². The van der Waals surface area contributed by atoms with E-state index in [4.69, 9.17) is 11.6 Å². The van der Waals surface area contributed by atoms with Gasteiger partial charge >= 0.3 is 0 Å². The van der Waals surface area contributed by atoms with Crippen molar-refractivity contribution in [1.82, 2.24) is 15.3 Å². The Morgan fingerprint density at radius 3 is 2.47 bits per heavy atom. The van der Waals surface area contributed by atoms with Crippen molar-refractivity contribution in [3.63, 3.8) is 0 Å². The van der Waals surface area contributed by atoms with Crippen molar-refractivity contribution in [3.8, 4) is 0 Å². The highest BCUT2D eigenvalue weighted by Crippen LogP contribution is 2.33. The number of hydrazine groups is 1. The van der Waals surface area contributed by atoms with Gasteiger partial charge in [-0.2, -0.15) is 0 Å². The fourth-order valence-corrected chi connectivity index (χ4v) is 4.89. The van der Waals surface area contributed by atoms with E-state index in [1.54, 1.807) is 48.2 Å². The van der Waals surface area contributed by atoms with Crippen LogP contribution in [0.2, 0.25) is 5.02 Å². The van der Waals surface area contributed by atoms with E-state index in [2.05, 4.69) is 10.4 Å². The Kier molecular flexibility index (Phi) is 6.53. The van der Waals surface area contributed by atoms with Gasteiger partial charge in [-0.3, -0.25) is 4.79 Å². The van der Waals surface area contributed by atoms with E-state index in [-0.39, 0.29) is 17.2 Å². The molecule has 1 unspecified atom stereocenters. The molecule has 1 fully saturated rings. The van der Waals surface area contributed by atoms with Gasteiger partial charge < -0.3 is 9.80 Å². The summed E-state index contributed by atoms with van der Waals surface area (Å²) in [6, 6.07) is 6.28. The highest BCUT2D eigenvalue weighted by molar-refractivity contribution is 6.31. The first kappa shape index (κ1) is 24.4. The van der Waals surface area contributed by atoms with Crippen LogP contribution in [0.4, 0.5) is 18.9 Å². The molecule has 10 heteroatoms. The molecule has 3 aliphatic heterocycles. The van der Waals surface area contributed by atoms with Gasteiger partial charge in [0.05, 0.1) is 11.4 Å². The maximum atomic E-state index is 14.9. The molecule has 0 aromatic heterocycles. The van der Waals surface area contributed by atoms with E-state index in [1.165, 1.54) is 6.07 Å².